The third-order valence-corrected chi connectivity index (χ3v) is 11.6. The standard InChI is InChI=1S/C28H50/c1-19(2)20(3)10-11-21(4)24-14-15-25-23-13-12-22-9-7-8-17-27(22,5)26(23)16-18-28(24,25)6/h19-26H,7-18H2,1-6H3/t20?,21-,22?,23+,24-,25+,26+,27+,28-/m1/s1. The van der Waals surface area contributed by atoms with Crippen molar-refractivity contribution in [3.05, 3.63) is 0 Å². The van der Waals surface area contributed by atoms with Crippen LogP contribution in [0.2, 0.25) is 0 Å². The van der Waals surface area contributed by atoms with Gasteiger partial charge >= 0.3 is 0 Å². The molecule has 0 aromatic rings. The van der Waals surface area contributed by atoms with E-state index in [1.807, 2.05) is 0 Å². The Morgan fingerprint density at radius 3 is 2.21 bits per heavy atom. The molecule has 4 aliphatic carbocycles. The molecule has 2 unspecified atom stereocenters. The minimum absolute atomic E-state index is 0.666. The Kier molecular flexibility index (Phi) is 6.01. The fraction of sp³-hybridized carbons (Fsp3) is 1.00. The summed E-state index contributed by atoms with van der Waals surface area (Å²) in [4.78, 5) is 0. The number of fused-ring (bicyclic) bond motifs is 5. The summed E-state index contributed by atoms with van der Waals surface area (Å²) in [5.41, 5.74) is 1.37. The van der Waals surface area contributed by atoms with Crippen molar-refractivity contribution < 1.29 is 0 Å². The van der Waals surface area contributed by atoms with Crippen molar-refractivity contribution in [2.45, 2.75) is 119 Å². The second-order valence-electron chi connectivity index (χ2n) is 12.9. The van der Waals surface area contributed by atoms with Gasteiger partial charge in [0.25, 0.3) is 0 Å². The van der Waals surface area contributed by atoms with E-state index in [9.17, 15) is 0 Å². The van der Waals surface area contributed by atoms with E-state index in [1.54, 1.807) is 51.4 Å². The summed E-state index contributed by atoms with van der Waals surface area (Å²) in [5, 5.41) is 0. The molecule has 162 valence electrons. The number of hydrogen-bond donors (Lipinski definition) is 0. The molecule has 28 heavy (non-hydrogen) atoms. The van der Waals surface area contributed by atoms with Gasteiger partial charge in [-0.25, -0.2) is 0 Å². The third kappa shape index (κ3) is 3.41. The van der Waals surface area contributed by atoms with Gasteiger partial charge in [-0.1, -0.05) is 67.2 Å². The molecule has 4 rings (SSSR count). The molecule has 0 spiro atoms. The highest BCUT2D eigenvalue weighted by Crippen LogP contribution is 2.68. The highest BCUT2D eigenvalue weighted by atomic mass is 14.6. The SMILES string of the molecule is CC(C)C(C)CC[C@@H](C)[C@H]1CC[C@H]2[C@@H]3CCC4CCCC[C@]4(C)[C@H]3CC[C@]12C. The number of hydrogen-bond acceptors (Lipinski definition) is 0. The first-order valence-electron chi connectivity index (χ1n) is 13.3. The normalized spacial score (nSPS) is 47.9. The highest BCUT2D eigenvalue weighted by molar-refractivity contribution is 5.09. The summed E-state index contributed by atoms with van der Waals surface area (Å²) >= 11 is 0. The van der Waals surface area contributed by atoms with E-state index in [-0.39, 0.29) is 0 Å². The molecule has 0 N–H and O–H groups in total. The predicted molar refractivity (Wildman–Crippen MR) is 122 cm³/mol. The van der Waals surface area contributed by atoms with Gasteiger partial charge in [-0.15, -0.1) is 0 Å². The van der Waals surface area contributed by atoms with E-state index in [0.717, 1.165) is 47.3 Å². The molecule has 0 heterocycles. The zero-order valence-electron chi connectivity index (χ0n) is 20.1. The lowest BCUT2D eigenvalue weighted by atomic mass is 9.44. The monoisotopic (exact) mass is 386 g/mol. The third-order valence-electron chi connectivity index (χ3n) is 11.6. The van der Waals surface area contributed by atoms with Crippen molar-refractivity contribution in [2.75, 3.05) is 0 Å². The first kappa shape index (κ1) is 21.2. The Bertz CT molecular complexity index is 534. The van der Waals surface area contributed by atoms with Gasteiger partial charge in [-0.3, -0.25) is 0 Å². The maximum Gasteiger partial charge on any atom is -0.0264 e. The van der Waals surface area contributed by atoms with E-state index in [2.05, 4.69) is 41.5 Å². The first-order valence-corrected chi connectivity index (χ1v) is 13.3. The van der Waals surface area contributed by atoms with Gasteiger partial charge in [-0.2, -0.15) is 0 Å². The van der Waals surface area contributed by atoms with Crippen molar-refractivity contribution in [2.24, 2.45) is 58.2 Å². The van der Waals surface area contributed by atoms with Gasteiger partial charge in [-0.05, 0) is 110 Å². The number of rotatable bonds is 5. The van der Waals surface area contributed by atoms with E-state index < -0.39 is 0 Å². The molecule has 0 radical (unpaired) electrons. The Balaban J connectivity index is 1.46. The summed E-state index contributed by atoms with van der Waals surface area (Å²) in [6, 6.07) is 0. The molecule has 0 amide bonds. The predicted octanol–water partition coefficient (Wildman–Crippen LogP) is 8.74. The van der Waals surface area contributed by atoms with E-state index in [1.165, 1.54) is 25.7 Å². The van der Waals surface area contributed by atoms with Gasteiger partial charge < -0.3 is 0 Å². The van der Waals surface area contributed by atoms with Crippen LogP contribution in [0.4, 0.5) is 0 Å². The maximum atomic E-state index is 2.75. The summed E-state index contributed by atoms with van der Waals surface area (Å²) in [6.07, 6.45) is 18.4. The second kappa shape index (κ2) is 7.92. The Hall–Kier alpha value is 0. The zero-order chi connectivity index (χ0) is 20.1. The second-order valence-corrected chi connectivity index (χ2v) is 12.9. The minimum atomic E-state index is 0.666. The van der Waals surface area contributed by atoms with Gasteiger partial charge in [0.2, 0.25) is 0 Å². The lowest BCUT2D eigenvalue weighted by Gasteiger charge is -2.61. The molecule has 9 atom stereocenters. The summed E-state index contributed by atoms with van der Waals surface area (Å²) in [5.74, 6) is 7.96. The molecule has 4 saturated carbocycles. The smallest absolute Gasteiger partial charge is 0.0264 e. The Morgan fingerprint density at radius 1 is 0.714 bits per heavy atom. The lowest BCUT2D eigenvalue weighted by Crippen LogP contribution is -2.53. The van der Waals surface area contributed by atoms with Crippen LogP contribution in [0.15, 0.2) is 0 Å². The summed E-state index contributed by atoms with van der Waals surface area (Å²) < 4.78 is 0. The van der Waals surface area contributed by atoms with Gasteiger partial charge in [0.15, 0.2) is 0 Å². The summed E-state index contributed by atoms with van der Waals surface area (Å²) in [7, 11) is 0. The van der Waals surface area contributed by atoms with Crippen molar-refractivity contribution in [3.63, 3.8) is 0 Å². The molecule has 0 aromatic heterocycles. The van der Waals surface area contributed by atoms with Crippen LogP contribution in [0.1, 0.15) is 119 Å². The largest absolute Gasteiger partial charge is 0.0625 e. The van der Waals surface area contributed by atoms with Crippen LogP contribution in [-0.2, 0) is 0 Å². The van der Waals surface area contributed by atoms with Crippen molar-refractivity contribution in [3.8, 4) is 0 Å². The molecule has 0 bridgehead atoms. The molecule has 0 aliphatic heterocycles. The highest BCUT2D eigenvalue weighted by Gasteiger charge is 2.60. The van der Waals surface area contributed by atoms with E-state index in [0.29, 0.717) is 10.8 Å². The van der Waals surface area contributed by atoms with Crippen LogP contribution < -0.4 is 0 Å². The summed E-state index contributed by atoms with van der Waals surface area (Å²) in [6.45, 7) is 15.4. The maximum absolute atomic E-state index is 2.75. The van der Waals surface area contributed by atoms with Crippen molar-refractivity contribution >= 4 is 0 Å². The molecular weight excluding hydrogens is 336 g/mol. The van der Waals surface area contributed by atoms with Crippen LogP contribution >= 0.6 is 0 Å². The van der Waals surface area contributed by atoms with Crippen molar-refractivity contribution in [1.82, 2.24) is 0 Å². The minimum Gasteiger partial charge on any atom is -0.0625 e. The molecule has 0 aromatic carbocycles. The quantitative estimate of drug-likeness (QED) is 0.443. The van der Waals surface area contributed by atoms with Crippen LogP contribution in [0.3, 0.4) is 0 Å². The fourth-order valence-corrected chi connectivity index (χ4v) is 9.33. The fourth-order valence-electron chi connectivity index (χ4n) is 9.33. The molecule has 0 saturated heterocycles. The Labute approximate surface area is 177 Å². The zero-order valence-corrected chi connectivity index (χ0v) is 20.1. The van der Waals surface area contributed by atoms with E-state index >= 15 is 0 Å². The van der Waals surface area contributed by atoms with Crippen LogP contribution in [0.5, 0.6) is 0 Å². The molecular formula is C28H50. The van der Waals surface area contributed by atoms with Crippen molar-refractivity contribution in [1.29, 1.82) is 0 Å². The van der Waals surface area contributed by atoms with Crippen LogP contribution in [0.25, 0.3) is 0 Å². The average Bonchev–Trinajstić information content (AvgIpc) is 3.02. The van der Waals surface area contributed by atoms with Crippen LogP contribution in [-0.4, -0.2) is 0 Å². The molecule has 4 fully saturated rings. The lowest BCUT2D eigenvalue weighted by molar-refractivity contribution is -0.114. The molecule has 4 aliphatic rings. The molecule has 0 nitrogen and oxygen atoms in total. The topological polar surface area (TPSA) is 0 Å². The first-order chi connectivity index (χ1) is 13.3. The van der Waals surface area contributed by atoms with Crippen LogP contribution in [0, 0.1) is 58.2 Å². The Morgan fingerprint density at radius 2 is 1.46 bits per heavy atom. The average molecular weight is 387 g/mol. The molecule has 0 heteroatoms. The van der Waals surface area contributed by atoms with E-state index in [4.69, 9.17) is 0 Å². The van der Waals surface area contributed by atoms with Gasteiger partial charge in [0.05, 0.1) is 0 Å². The van der Waals surface area contributed by atoms with Gasteiger partial charge in [0.1, 0.15) is 0 Å². The van der Waals surface area contributed by atoms with Gasteiger partial charge in [0, 0.05) is 0 Å².